The Bertz CT molecular complexity index is 1050. The van der Waals surface area contributed by atoms with E-state index < -0.39 is 17.3 Å². The minimum atomic E-state index is -4.54. The highest BCUT2D eigenvalue weighted by atomic mass is 19.4. The van der Waals surface area contributed by atoms with Gasteiger partial charge in [-0.2, -0.15) is 13.2 Å². The van der Waals surface area contributed by atoms with Gasteiger partial charge in [0.25, 0.3) is 0 Å². The van der Waals surface area contributed by atoms with Crippen LogP contribution in [0.25, 0.3) is 10.9 Å². The number of alkyl halides is 3. The van der Waals surface area contributed by atoms with Crippen molar-refractivity contribution in [2.24, 2.45) is 0 Å². The van der Waals surface area contributed by atoms with Crippen LogP contribution in [-0.4, -0.2) is 23.0 Å². The molecule has 3 aromatic rings. The number of hydrogen-bond donors (Lipinski definition) is 2. The second kappa shape index (κ2) is 8.22. The van der Waals surface area contributed by atoms with E-state index in [1.54, 1.807) is 45.0 Å². The average molecular weight is 417 g/mol. The normalized spacial score (nSPS) is 11.9. The van der Waals surface area contributed by atoms with Crippen molar-refractivity contribution >= 4 is 28.2 Å². The molecule has 0 radical (unpaired) electrons. The van der Waals surface area contributed by atoms with E-state index in [2.05, 4.69) is 15.6 Å². The van der Waals surface area contributed by atoms with Gasteiger partial charge < -0.3 is 15.4 Å². The lowest BCUT2D eigenvalue weighted by atomic mass is 10.0. The maximum atomic E-state index is 13.5. The van der Waals surface area contributed by atoms with E-state index in [-0.39, 0.29) is 29.3 Å². The first-order valence-corrected chi connectivity index (χ1v) is 9.39. The Morgan fingerprint density at radius 2 is 1.73 bits per heavy atom. The Morgan fingerprint density at radius 1 is 1.03 bits per heavy atom. The van der Waals surface area contributed by atoms with Crippen LogP contribution in [0.3, 0.4) is 0 Å². The average Bonchev–Trinajstić information content (AvgIpc) is 2.67. The van der Waals surface area contributed by atoms with Crippen LogP contribution in [0.1, 0.15) is 26.3 Å². The number of fused-ring (bicyclic) bond motifs is 1. The molecule has 0 aliphatic heterocycles. The van der Waals surface area contributed by atoms with Gasteiger partial charge in [0.15, 0.2) is 0 Å². The number of amides is 1. The van der Waals surface area contributed by atoms with Crippen LogP contribution in [-0.2, 0) is 11.0 Å². The summed E-state index contributed by atoms with van der Waals surface area (Å²) in [5.74, 6) is -0.392. The zero-order valence-corrected chi connectivity index (χ0v) is 16.8. The summed E-state index contributed by atoms with van der Waals surface area (Å²) in [6.45, 7) is 5.23. The summed E-state index contributed by atoms with van der Waals surface area (Å²) in [5, 5.41) is 5.84. The van der Waals surface area contributed by atoms with Crippen LogP contribution in [0.15, 0.2) is 54.6 Å². The van der Waals surface area contributed by atoms with E-state index in [1.165, 1.54) is 18.2 Å². The Kier molecular flexibility index (Phi) is 5.87. The smallest absolute Gasteiger partial charge is 0.417 e. The fourth-order valence-electron chi connectivity index (χ4n) is 2.96. The van der Waals surface area contributed by atoms with E-state index in [0.717, 1.165) is 6.07 Å². The molecule has 5 nitrogen and oxygen atoms in total. The number of pyridine rings is 1. The number of ether oxygens (including phenoxy) is 1. The number of hydrogen-bond acceptors (Lipinski definition) is 4. The zero-order valence-electron chi connectivity index (χ0n) is 16.8. The molecule has 2 N–H and O–H groups in total. The molecule has 158 valence electrons. The SMILES string of the molecule is CCOc1cc(C(F)(F)F)c2ccc(NC(C)(C)C(=O)Nc3ccccc3)cc2n1. The molecular formula is C22H22F3N3O2. The third kappa shape index (κ3) is 4.82. The maximum Gasteiger partial charge on any atom is 0.417 e. The molecule has 0 saturated heterocycles. The standard InChI is InChI=1S/C22H22F3N3O2/c1-4-30-19-13-17(22(23,24)25)16-11-10-15(12-18(16)27-19)28-21(2,3)20(29)26-14-8-6-5-7-9-14/h5-13,28H,4H2,1-3H3,(H,26,29). The van der Waals surface area contributed by atoms with E-state index in [4.69, 9.17) is 4.74 Å². The molecule has 0 saturated carbocycles. The highest BCUT2D eigenvalue weighted by Gasteiger charge is 2.34. The molecule has 0 spiro atoms. The number of carbonyl (C=O) groups is 1. The molecule has 0 bridgehead atoms. The van der Waals surface area contributed by atoms with Crippen molar-refractivity contribution in [3.8, 4) is 5.88 Å². The molecule has 30 heavy (non-hydrogen) atoms. The quantitative estimate of drug-likeness (QED) is 0.557. The predicted octanol–water partition coefficient (Wildman–Crippen LogP) is 5.48. The van der Waals surface area contributed by atoms with Crippen molar-refractivity contribution in [2.75, 3.05) is 17.2 Å². The first-order chi connectivity index (χ1) is 14.1. The summed E-state index contributed by atoms with van der Waals surface area (Å²) < 4.78 is 45.6. The number of anilines is 2. The van der Waals surface area contributed by atoms with Crippen molar-refractivity contribution in [3.05, 3.63) is 60.2 Å². The van der Waals surface area contributed by atoms with E-state index in [0.29, 0.717) is 11.4 Å². The number of aromatic nitrogens is 1. The van der Waals surface area contributed by atoms with Crippen LogP contribution in [0.4, 0.5) is 24.5 Å². The molecule has 0 atom stereocenters. The Balaban J connectivity index is 1.91. The third-order valence-electron chi connectivity index (χ3n) is 4.44. The van der Waals surface area contributed by atoms with Gasteiger partial charge in [-0.15, -0.1) is 0 Å². The summed E-state index contributed by atoms with van der Waals surface area (Å²) in [6.07, 6.45) is -4.54. The van der Waals surface area contributed by atoms with Gasteiger partial charge in [-0.1, -0.05) is 24.3 Å². The summed E-state index contributed by atoms with van der Waals surface area (Å²) >= 11 is 0. The van der Waals surface area contributed by atoms with Crippen LogP contribution in [0.2, 0.25) is 0 Å². The topological polar surface area (TPSA) is 63.2 Å². The van der Waals surface area contributed by atoms with Gasteiger partial charge in [-0.3, -0.25) is 4.79 Å². The van der Waals surface area contributed by atoms with Crippen LogP contribution in [0, 0.1) is 0 Å². The first-order valence-electron chi connectivity index (χ1n) is 9.39. The van der Waals surface area contributed by atoms with Crippen molar-refractivity contribution in [3.63, 3.8) is 0 Å². The van der Waals surface area contributed by atoms with Gasteiger partial charge in [0.05, 0.1) is 17.7 Å². The van der Waals surface area contributed by atoms with Crippen molar-refractivity contribution in [1.29, 1.82) is 0 Å². The Hall–Kier alpha value is -3.29. The number of nitrogens with zero attached hydrogens (tertiary/aromatic N) is 1. The maximum absolute atomic E-state index is 13.5. The fraction of sp³-hybridized carbons (Fsp3) is 0.273. The number of benzene rings is 2. The van der Waals surface area contributed by atoms with Gasteiger partial charge in [0.2, 0.25) is 11.8 Å². The number of rotatable bonds is 6. The van der Waals surface area contributed by atoms with Gasteiger partial charge >= 0.3 is 6.18 Å². The lowest BCUT2D eigenvalue weighted by molar-refractivity contribution is -0.136. The molecule has 2 aromatic carbocycles. The zero-order chi connectivity index (χ0) is 21.9. The highest BCUT2D eigenvalue weighted by molar-refractivity contribution is 5.99. The van der Waals surface area contributed by atoms with E-state index in [1.807, 2.05) is 6.07 Å². The van der Waals surface area contributed by atoms with Crippen LogP contribution < -0.4 is 15.4 Å². The number of carbonyl (C=O) groups excluding carboxylic acids is 1. The van der Waals surface area contributed by atoms with Crippen molar-refractivity contribution < 1.29 is 22.7 Å². The predicted molar refractivity (Wildman–Crippen MR) is 111 cm³/mol. The summed E-state index contributed by atoms with van der Waals surface area (Å²) in [7, 11) is 0. The first kappa shape index (κ1) is 21.4. The molecule has 1 heterocycles. The molecule has 0 aliphatic rings. The largest absolute Gasteiger partial charge is 0.478 e. The Labute approximate surface area is 172 Å². The molecular weight excluding hydrogens is 395 g/mol. The molecule has 3 rings (SSSR count). The molecule has 1 aromatic heterocycles. The minimum absolute atomic E-state index is 0.0388. The molecule has 0 fully saturated rings. The van der Waals surface area contributed by atoms with Crippen LogP contribution >= 0.6 is 0 Å². The number of nitrogens with one attached hydrogen (secondary N) is 2. The summed E-state index contributed by atoms with van der Waals surface area (Å²) in [6, 6.07) is 14.2. The van der Waals surface area contributed by atoms with Crippen molar-refractivity contribution in [2.45, 2.75) is 32.5 Å². The monoisotopic (exact) mass is 417 g/mol. The molecule has 0 unspecified atom stereocenters. The Morgan fingerprint density at radius 3 is 2.37 bits per heavy atom. The third-order valence-corrected chi connectivity index (χ3v) is 4.44. The van der Waals surface area contributed by atoms with Crippen LogP contribution in [0.5, 0.6) is 5.88 Å². The van der Waals surface area contributed by atoms with Crippen molar-refractivity contribution in [1.82, 2.24) is 4.98 Å². The number of para-hydroxylation sites is 1. The second-order valence-electron chi connectivity index (χ2n) is 7.24. The fourth-order valence-corrected chi connectivity index (χ4v) is 2.96. The minimum Gasteiger partial charge on any atom is -0.478 e. The van der Waals surface area contributed by atoms with Gasteiger partial charge in [-0.25, -0.2) is 4.98 Å². The van der Waals surface area contributed by atoms with E-state index in [9.17, 15) is 18.0 Å². The van der Waals surface area contributed by atoms with Gasteiger partial charge in [-0.05, 0) is 45.0 Å². The molecule has 0 aliphatic carbocycles. The lowest BCUT2D eigenvalue weighted by Gasteiger charge is -2.26. The summed E-state index contributed by atoms with van der Waals surface area (Å²) in [5.41, 5.74) is -0.617. The molecule has 1 amide bonds. The second-order valence-corrected chi connectivity index (χ2v) is 7.24. The number of halogens is 3. The summed E-state index contributed by atoms with van der Waals surface area (Å²) in [4.78, 5) is 16.8. The highest BCUT2D eigenvalue weighted by Crippen LogP contribution is 2.37. The molecule has 8 heteroatoms. The van der Waals surface area contributed by atoms with Gasteiger partial charge in [0.1, 0.15) is 5.54 Å². The van der Waals surface area contributed by atoms with Gasteiger partial charge in [0, 0.05) is 22.8 Å². The lowest BCUT2D eigenvalue weighted by Crippen LogP contribution is -2.44. The van der Waals surface area contributed by atoms with E-state index >= 15 is 0 Å².